The van der Waals surface area contributed by atoms with Gasteiger partial charge in [0.05, 0.1) is 24.5 Å². The number of rotatable bonds is 4. The number of hydrogen-bond acceptors (Lipinski definition) is 6. The number of carbonyl (C=O) groups excluding carboxylic acids is 2. The SMILES string of the molecule is COc1ccc(C=C2SC(=S)N(CC(=O)[O-])C2=O)cc1. The third-order valence-corrected chi connectivity index (χ3v) is 3.95. The quantitative estimate of drug-likeness (QED) is 0.601. The second kappa shape index (κ2) is 6.06. The standard InChI is InChI=1S/C13H11NO4S2/c1-18-9-4-2-8(3-5-9)6-10-12(17)14(7-11(15)16)13(19)20-10/h2-6H,7H2,1H3,(H,15,16)/p-1. The first-order valence-corrected chi connectivity index (χ1v) is 6.83. The molecule has 0 aliphatic carbocycles. The third-order valence-electron chi connectivity index (χ3n) is 2.57. The molecular formula is C13H10NO4S2-. The van der Waals surface area contributed by atoms with Gasteiger partial charge in [-0.15, -0.1) is 0 Å². The van der Waals surface area contributed by atoms with Crippen LogP contribution in [0.4, 0.5) is 0 Å². The summed E-state index contributed by atoms with van der Waals surface area (Å²) in [6.45, 7) is -0.523. The molecule has 1 aromatic carbocycles. The smallest absolute Gasteiger partial charge is 0.266 e. The van der Waals surface area contributed by atoms with E-state index in [1.807, 2.05) is 0 Å². The maximum atomic E-state index is 12.0. The Labute approximate surface area is 125 Å². The summed E-state index contributed by atoms with van der Waals surface area (Å²) >= 11 is 6.06. The molecule has 0 bridgehead atoms. The summed E-state index contributed by atoms with van der Waals surface area (Å²) < 4.78 is 5.27. The maximum Gasteiger partial charge on any atom is 0.266 e. The van der Waals surface area contributed by atoms with Crippen LogP contribution in [0.2, 0.25) is 0 Å². The van der Waals surface area contributed by atoms with Gasteiger partial charge in [0.2, 0.25) is 0 Å². The second-order valence-electron chi connectivity index (χ2n) is 3.91. The molecule has 7 heteroatoms. The third kappa shape index (κ3) is 3.17. The minimum Gasteiger partial charge on any atom is -0.548 e. The predicted octanol–water partition coefficient (Wildman–Crippen LogP) is 0.646. The van der Waals surface area contributed by atoms with Crippen LogP contribution < -0.4 is 9.84 Å². The molecule has 1 aliphatic rings. The summed E-state index contributed by atoms with van der Waals surface area (Å²) in [5.74, 6) is -1.04. The average molecular weight is 308 g/mol. The van der Waals surface area contributed by atoms with Crippen molar-refractivity contribution in [2.24, 2.45) is 0 Å². The molecule has 104 valence electrons. The van der Waals surface area contributed by atoms with Crippen molar-refractivity contribution >= 4 is 46.3 Å². The van der Waals surface area contributed by atoms with Crippen molar-refractivity contribution in [1.29, 1.82) is 0 Å². The molecule has 2 rings (SSSR count). The molecule has 0 N–H and O–H groups in total. The summed E-state index contributed by atoms with van der Waals surface area (Å²) in [6, 6.07) is 7.13. The summed E-state index contributed by atoms with van der Waals surface area (Å²) in [5, 5.41) is 10.6. The van der Waals surface area contributed by atoms with Gasteiger partial charge in [0, 0.05) is 0 Å². The highest BCUT2D eigenvalue weighted by molar-refractivity contribution is 8.26. The van der Waals surface area contributed by atoms with Gasteiger partial charge in [0.15, 0.2) is 0 Å². The summed E-state index contributed by atoms with van der Waals surface area (Å²) in [6.07, 6.45) is 1.66. The molecular weight excluding hydrogens is 298 g/mol. The molecule has 0 radical (unpaired) electrons. The van der Waals surface area contributed by atoms with Crippen LogP contribution in [0.1, 0.15) is 5.56 Å². The second-order valence-corrected chi connectivity index (χ2v) is 5.59. The van der Waals surface area contributed by atoms with Crippen LogP contribution in [0.5, 0.6) is 5.75 Å². The van der Waals surface area contributed by atoms with Gasteiger partial charge < -0.3 is 14.6 Å². The summed E-state index contributed by atoms with van der Waals surface area (Å²) in [5.41, 5.74) is 0.805. The highest BCUT2D eigenvalue weighted by Gasteiger charge is 2.31. The molecule has 0 spiro atoms. The lowest BCUT2D eigenvalue weighted by atomic mass is 10.2. The molecule has 0 saturated carbocycles. The molecule has 20 heavy (non-hydrogen) atoms. The van der Waals surface area contributed by atoms with Crippen LogP contribution in [0.3, 0.4) is 0 Å². The fraction of sp³-hybridized carbons (Fsp3) is 0.154. The highest BCUT2D eigenvalue weighted by Crippen LogP contribution is 2.32. The molecule has 1 fully saturated rings. The van der Waals surface area contributed by atoms with Gasteiger partial charge in [-0.3, -0.25) is 9.69 Å². The van der Waals surface area contributed by atoms with Gasteiger partial charge in [0.1, 0.15) is 10.1 Å². The molecule has 1 amide bonds. The Hall–Kier alpha value is -1.86. The lowest BCUT2D eigenvalue weighted by Crippen LogP contribution is -2.40. The van der Waals surface area contributed by atoms with E-state index in [-0.39, 0.29) is 4.32 Å². The van der Waals surface area contributed by atoms with Gasteiger partial charge in [0.25, 0.3) is 5.91 Å². The van der Waals surface area contributed by atoms with Crippen LogP contribution in [-0.4, -0.2) is 34.8 Å². The Bertz CT molecular complexity index is 595. The minimum absolute atomic E-state index is 0.221. The zero-order valence-electron chi connectivity index (χ0n) is 10.5. The zero-order valence-corrected chi connectivity index (χ0v) is 12.1. The van der Waals surface area contributed by atoms with Gasteiger partial charge in [-0.05, 0) is 23.8 Å². The van der Waals surface area contributed by atoms with E-state index < -0.39 is 18.4 Å². The van der Waals surface area contributed by atoms with Crippen LogP contribution in [0.15, 0.2) is 29.2 Å². The molecule has 0 unspecified atom stereocenters. The number of ether oxygens (including phenoxy) is 1. The number of carboxylic acid groups (broad SMARTS) is 1. The van der Waals surface area contributed by atoms with E-state index >= 15 is 0 Å². The molecule has 1 aliphatic heterocycles. The monoisotopic (exact) mass is 308 g/mol. The molecule has 1 heterocycles. The Morgan fingerprint density at radius 2 is 2.10 bits per heavy atom. The van der Waals surface area contributed by atoms with E-state index in [1.54, 1.807) is 37.5 Å². The number of thiocarbonyl (C=S) groups is 1. The first kappa shape index (κ1) is 14.5. The van der Waals surface area contributed by atoms with Crippen LogP contribution in [-0.2, 0) is 9.59 Å². The Morgan fingerprint density at radius 1 is 1.45 bits per heavy atom. The predicted molar refractivity (Wildman–Crippen MR) is 77.9 cm³/mol. The maximum absolute atomic E-state index is 12.0. The molecule has 0 aromatic heterocycles. The number of benzene rings is 1. The van der Waals surface area contributed by atoms with Crippen molar-refractivity contribution in [3.05, 3.63) is 34.7 Å². The van der Waals surface area contributed by atoms with Crippen molar-refractivity contribution in [2.45, 2.75) is 0 Å². The topological polar surface area (TPSA) is 69.7 Å². The van der Waals surface area contributed by atoms with E-state index in [0.717, 1.165) is 22.2 Å². The van der Waals surface area contributed by atoms with Gasteiger partial charge in [-0.2, -0.15) is 0 Å². The number of aliphatic carboxylic acids is 1. The number of thioether (sulfide) groups is 1. The highest BCUT2D eigenvalue weighted by atomic mass is 32.2. The van der Waals surface area contributed by atoms with Crippen molar-refractivity contribution in [2.75, 3.05) is 13.7 Å². The number of carboxylic acids is 1. The van der Waals surface area contributed by atoms with E-state index in [9.17, 15) is 14.7 Å². The molecule has 1 saturated heterocycles. The Balaban J connectivity index is 2.20. The number of amides is 1. The number of hydrogen-bond donors (Lipinski definition) is 0. The fourth-order valence-electron chi connectivity index (χ4n) is 1.62. The van der Waals surface area contributed by atoms with E-state index in [0.29, 0.717) is 10.7 Å². The fourth-order valence-corrected chi connectivity index (χ4v) is 2.87. The van der Waals surface area contributed by atoms with Gasteiger partial charge in [-0.25, -0.2) is 0 Å². The molecule has 1 aromatic rings. The average Bonchev–Trinajstić information content (AvgIpc) is 2.67. The normalized spacial score (nSPS) is 16.9. The summed E-state index contributed by atoms with van der Waals surface area (Å²) in [4.78, 5) is 24.0. The van der Waals surface area contributed by atoms with Crippen molar-refractivity contribution < 1.29 is 19.4 Å². The van der Waals surface area contributed by atoms with Crippen LogP contribution in [0.25, 0.3) is 6.08 Å². The zero-order chi connectivity index (χ0) is 14.7. The number of methoxy groups -OCH3 is 1. The van der Waals surface area contributed by atoms with E-state index in [1.165, 1.54) is 0 Å². The van der Waals surface area contributed by atoms with Crippen molar-refractivity contribution in [3.8, 4) is 5.75 Å². The van der Waals surface area contributed by atoms with Crippen molar-refractivity contribution in [3.63, 3.8) is 0 Å². The summed E-state index contributed by atoms with van der Waals surface area (Å²) in [7, 11) is 1.57. The molecule has 0 atom stereocenters. The van der Waals surface area contributed by atoms with Gasteiger partial charge >= 0.3 is 0 Å². The number of nitrogens with zero attached hydrogens (tertiary/aromatic N) is 1. The largest absolute Gasteiger partial charge is 0.548 e. The van der Waals surface area contributed by atoms with Gasteiger partial charge in [-0.1, -0.05) is 36.1 Å². The Morgan fingerprint density at radius 3 is 2.65 bits per heavy atom. The lowest BCUT2D eigenvalue weighted by Gasteiger charge is -2.14. The minimum atomic E-state index is -1.34. The first-order valence-electron chi connectivity index (χ1n) is 5.60. The Kier molecular flexibility index (Phi) is 4.41. The number of carbonyl (C=O) groups is 2. The molecule has 5 nitrogen and oxygen atoms in total. The van der Waals surface area contributed by atoms with Crippen molar-refractivity contribution in [1.82, 2.24) is 4.90 Å². The lowest BCUT2D eigenvalue weighted by molar-refractivity contribution is -0.305. The van der Waals surface area contributed by atoms with Crippen LogP contribution in [0, 0.1) is 0 Å². The van der Waals surface area contributed by atoms with E-state index in [4.69, 9.17) is 17.0 Å². The van der Waals surface area contributed by atoms with E-state index in [2.05, 4.69) is 0 Å². The first-order chi connectivity index (χ1) is 9.51. The van der Waals surface area contributed by atoms with Crippen LogP contribution >= 0.6 is 24.0 Å².